The molecular formula is C18H13ClN2O3S. The molecule has 1 saturated heterocycles. The Hall–Kier alpha value is -2.57. The lowest BCUT2D eigenvalue weighted by Gasteiger charge is -2.13. The second-order valence-corrected chi connectivity index (χ2v) is 6.49. The maximum Gasteiger partial charge on any atom is 0.281 e. The van der Waals surface area contributed by atoms with Crippen LogP contribution in [0, 0.1) is 6.92 Å². The molecule has 0 bridgehead atoms. The molecule has 2 aromatic carbocycles. The number of fused-ring (bicyclic) bond motifs is 1. The number of aryl methyl sites for hydroxylation is 1. The van der Waals surface area contributed by atoms with Crippen LogP contribution in [0.4, 0.5) is 5.69 Å². The predicted molar refractivity (Wildman–Crippen MR) is 100.0 cm³/mol. The molecule has 2 heterocycles. The Morgan fingerprint density at radius 3 is 2.76 bits per heavy atom. The van der Waals surface area contributed by atoms with Crippen molar-refractivity contribution in [2.75, 3.05) is 11.7 Å². The number of nitrogens with zero attached hydrogens (tertiary/aromatic N) is 1. The van der Waals surface area contributed by atoms with Crippen molar-refractivity contribution in [3.8, 4) is 11.5 Å². The van der Waals surface area contributed by atoms with Crippen LogP contribution >= 0.6 is 23.8 Å². The number of hydrogen-bond donors (Lipinski definition) is 1. The third-order valence-corrected chi connectivity index (χ3v) is 4.50. The van der Waals surface area contributed by atoms with Crippen molar-refractivity contribution in [1.82, 2.24) is 5.32 Å². The van der Waals surface area contributed by atoms with Crippen LogP contribution in [0.5, 0.6) is 11.5 Å². The fraction of sp³-hybridized carbons (Fsp3) is 0.111. The van der Waals surface area contributed by atoms with Crippen LogP contribution in [-0.4, -0.2) is 17.8 Å². The normalized spacial score (nSPS) is 17.4. The molecule has 1 fully saturated rings. The average Bonchev–Trinajstić information content (AvgIpc) is 3.14. The van der Waals surface area contributed by atoms with Gasteiger partial charge in [0.1, 0.15) is 5.70 Å². The van der Waals surface area contributed by atoms with Crippen LogP contribution < -0.4 is 19.7 Å². The van der Waals surface area contributed by atoms with Crippen LogP contribution in [0.1, 0.15) is 11.1 Å². The molecule has 1 N–H and O–H groups in total. The Morgan fingerprint density at radius 2 is 2.00 bits per heavy atom. The molecule has 0 spiro atoms. The number of hydrogen-bond acceptors (Lipinski definition) is 4. The van der Waals surface area contributed by atoms with Crippen LogP contribution in [0.3, 0.4) is 0 Å². The molecule has 0 saturated carbocycles. The third kappa shape index (κ3) is 2.83. The summed E-state index contributed by atoms with van der Waals surface area (Å²) in [6, 6.07) is 11.1. The molecule has 2 aliphatic heterocycles. The van der Waals surface area contributed by atoms with Crippen molar-refractivity contribution in [3.05, 3.63) is 58.2 Å². The number of rotatable bonds is 2. The van der Waals surface area contributed by atoms with Crippen molar-refractivity contribution in [1.29, 1.82) is 0 Å². The van der Waals surface area contributed by atoms with Crippen LogP contribution in [-0.2, 0) is 4.79 Å². The average molecular weight is 373 g/mol. The van der Waals surface area contributed by atoms with Gasteiger partial charge in [-0.05, 0) is 55.0 Å². The van der Waals surface area contributed by atoms with E-state index in [4.69, 9.17) is 33.3 Å². The lowest BCUT2D eigenvalue weighted by Crippen LogP contribution is -2.30. The van der Waals surface area contributed by atoms with Gasteiger partial charge in [-0.15, -0.1) is 0 Å². The van der Waals surface area contributed by atoms with Gasteiger partial charge in [0.25, 0.3) is 5.91 Å². The summed E-state index contributed by atoms with van der Waals surface area (Å²) in [6.07, 6.45) is 1.69. The minimum absolute atomic E-state index is 0.136. The van der Waals surface area contributed by atoms with Crippen molar-refractivity contribution < 1.29 is 14.3 Å². The molecule has 25 heavy (non-hydrogen) atoms. The fourth-order valence-corrected chi connectivity index (χ4v) is 3.27. The Bertz CT molecular complexity index is 925. The summed E-state index contributed by atoms with van der Waals surface area (Å²) in [6.45, 7) is 2.12. The maximum atomic E-state index is 12.7. The van der Waals surface area contributed by atoms with E-state index in [9.17, 15) is 4.79 Å². The van der Waals surface area contributed by atoms with E-state index in [0.29, 0.717) is 27.3 Å². The van der Waals surface area contributed by atoms with E-state index in [1.807, 2.05) is 31.2 Å². The first kappa shape index (κ1) is 15.9. The number of nitrogens with one attached hydrogen (secondary N) is 1. The number of carbonyl (C=O) groups excluding carboxylic acids is 1. The molecule has 0 atom stereocenters. The molecule has 0 radical (unpaired) electrons. The molecule has 5 nitrogen and oxygen atoms in total. The summed E-state index contributed by atoms with van der Waals surface area (Å²) in [5, 5.41) is 3.73. The lowest BCUT2D eigenvalue weighted by atomic mass is 10.1. The molecule has 0 aliphatic carbocycles. The third-order valence-electron chi connectivity index (χ3n) is 3.93. The summed E-state index contributed by atoms with van der Waals surface area (Å²) < 4.78 is 10.6. The van der Waals surface area contributed by atoms with Gasteiger partial charge in [-0.2, -0.15) is 0 Å². The minimum Gasteiger partial charge on any atom is -0.454 e. The molecule has 7 heteroatoms. The van der Waals surface area contributed by atoms with Gasteiger partial charge in [0.05, 0.1) is 10.7 Å². The molecule has 0 aromatic heterocycles. The lowest BCUT2D eigenvalue weighted by molar-refractivity contribution is -0.113. The zero-order valence-electron chi connectivity index (χ0n) is 13.2. The second kappa shape index (κ2) is 6.06. The van der Waals surface area contributed by atoms with E-state index in [0.717, 1.165) is 16.8 Å². The van der Waals surface area contributed by atoms with Crippen molar-refractivity contribution in [2.45, 2.75) is 6.92 Å². The summed E-state index contributed by atoms with van der Waals surface area (Å²) >= 11 is 11.5. The highest BCUT2D eigenvalue weighted by Gasteiger charge is 2.32. The highest BCUT2D eigenvalue weighted by molar-refractivity contribution is 7.80. The largest absolute Gasteiger partial charge is 0.454 e. The van der Waals surface area contributed by atoms with E-state index in [2.05, 4.69) is 5.32 Å². The Morgan fingerprint density at radius 1 is 1.24 bits per heavy atom. The summed E-state index contributed by atoms with van der Waals surface area (Å²) in [5.41, 5.74) is 2.93. The summed E-state index contributed by atoms with van der Waals surface area (Å²) in [7, 11) is 0. The number of thiocarbonyl (C=S) groups is 1. The number of anilines is 1. The standard InChI is InChI=1S/C18H13ClN2O3S/c1-10-2-4-12(5-3-10)21-17(22)14(20-18(21)25)7-11-6-13(19)16-15(8-11)23-9-24-16/h2-8H,9H2,1H3,(H,20,25)/b14-7+. The van der Waals surface area contributed by atoms with Crippen LogP contribution in [0.2, 0.25) is 5.02 Å². The molecule has 4 rings (SSSR count). The predicted octanol–water partition coefficient (Wildman–Crippen LogP) is 3.64. The maximum absolute atomic E-state index is 12.7. The first-order valence-corrected chi connectivity index (χ1v) is 8.34. The number of ether oxygens (including phenoxy) is 2. The van der Waals surface area contributed by atoms with Crippen LogP contribution in [0.25, 0.3) is 6.08 Å². The second-order valence-electron chi connectivity index (χ2n) is 5.70. The Kier molecular flexibility index (Phi) is 3.86. The van der Waals surface area contributed by atoms with E-state index in [-0.39, 0.29) is 12.7 Å². The minimum atomic E-state index is -0.220. The molecule has 0 unspecified atom stereocenters. The smallest absolute Gasteiger partial charge is 0.281 e. The van der Waals surface area contributed by atoms with E-state index in [1.165, 1.54) is 4.90 Å². The van der Waals surface area contributed by atoms with E-state index in [1.54, 1.807) is 18.2 Å². The van der Waals surface area contributed by atoms with Crippen molar-refractivity contribution >= 4 is 46.6 Å². The van der Waals surface area contributed by atoms with E-state index < -0.39 is 0 Å². The number of benzene rings is 2. The van der Waals surface area contributed by atoms with Gasteiger partial charge in [-0.1, -0.05) is 29.3 Å². The summed E-state index contributed by atoms with van der Waals surface area (Å²) in [4.78, 5) is 14.2. The number of carbonyl (C=O) groups is 1. The van der Waals surface area contributed by atoms with Gasteiger partial charge in [0.2, 0.25) is 6.79 Å². The Balaban J connectivity index is 1.67. The quantitative estimate of drug-likeness (QED) is 0.644. The zero-order chi connectivity index (χ0) is 17.6. The SMILES string of the molecule is Cc1ccc(N2C(=O)/C(=C\c3cc(Cl)c4c(c3)OCO4)NC2=S)cc1. The van der Waals surface area contributed by atoms with Gasteiger partial charge in [-0.3, -0.25) is 9.69 Å². The Labute approximate surface area is 154 Å². The van der Waals surface area contributed by atoms with Gasteiger partial charge in [0.15, 0.2) is 16.6 Å². The molecular weight excluding hydrogens is 360 g/mol. The van der Waals surface area contributed by atoms with Gasteiger partial charge in [-0.25, -0.2) is 0 Å². The van der Waals surface area contributed by atoms with Gasteiger partial charge in [0, 0.05) is 0 Å². The van der Waals surface area contributed by atoms with Crippen molar-refractivity contribution in [2.24, 2.45) is 0 Å². The summed E-state index contributed by atoms with van der Waals surface area (Å²) in [5.74, 6) is 0.858. The number of amides is 1. The monoisotopic (exact) mass is 372 g/mol. The first-order valence-electron chi connectivity index (χ1n) is 7.56. The highest BCUT2D eigenvalue weighted by Crippen LogP contribution is 2.40. The van der Waals surface area contributed by atoms with E-state index >= 15 is 0 Å². The zero-order valence-corrected chi connectivity index (χ0v) is 14.8. The molecule has 1 amide bonds. The molecule has 126 valence electrons. The molecule has 2 aliphatic rings. The number of halogens is 1. The first-order chi connectivity index (χ1) is 12.0. The molecule has 2 aromatic rings. The highest BCUT2D eigenvalue weighted by atomic mass is 35.5. The van der Waals surface area contributed by atoms with Gasteiger partial charge >= 0.3 is 0 Å². The van der Waals surface area contributed by atoms with Crippen molar-refractivity contribution in [3.63, 3.8) is 0 Å². The fourth-order valence-electron chi connectivity index (χ4n) is 2.70. The van der Waals surface area contributed by atoms with Gasteiger partial charge < -0.3 is 14.8 Å². The van der Waals surface area contributed by atoms with Crippen LogP contribution in [0.15, 0.2) is 42.1 Å². The topological polar surface area (TPSA) is 50.8 Å².